The fourth-order valence-corrected chi connectivity index (χ4v) is 3.99. The number of nitrogens with one attached hydrogen (secondary N) is 2. The number of carbonyl (C=O) groups is 3. The van der Waals surface area contributed by atoms with Gasteiger partial charge in [-0.2, -0.15) is 0 Å². The van der Waals surface area contributed by atoms with Crippen molar-refractivity contribution < 1.29 is 14.4 Å². The molecule has 3 amide bonds. The van der Waals surface area contributed by atoms with Crippen LogP contribution in [0.2, 0.25) is 0 Å². The van der Waals surface area contributed by atoms with E-state index < -0.39 is 5.92 Å². The van der Waals surface area contributed by atoms with Crippen LogP contribution < -0.4 is 15.5 Å². The molecule has 0 saturated carbocycles. The molecule has 0 bridgehead atoms. The maximum atomic E-state index is 12.8. The van der Waals surface area contributed by atoms with E-state index in [2.05, 4.69) is 16.7 Å². The summed E-state index contributed by atoms with van der Waals surface area (Å²) in [6.45, 7) is 4.77. The van der Waals surface area contributed by atoms with E-state index >= 15 is 0 Å². The fraction of sp³-hybridized carbons (Fsp3) is 0.222. The highest BCUT2D eigenvalue weighted by Crippen LogP contribution is 2.26. The summed E-state index contributed by atoms with van der Waals surface area (Å²) in [6, 6.07) is 22.3. The SMILES string of the molecule is Cc1ccc(C)c(CNC(=O)C2CC(=O)N(c3cccc(C(=O)Nc4ccccc4)c3)C2)c1. The van der Waals surface area contributed by atoms with Crippen molar-refractivity contribution in [1.29, 1.82) is 0 Å². The summed E-state index contributed by atoms with van der Waals surface area (Å²) in [4.78, 5) is 39.7. The van der Waals surface area contributed by atoms with Crippen molar-refractivity contribution in [3.63, 3.8) is 0 Å². The Balaban J connectivity index is 1.40. The molecule has 1 atom stereocenters. The van der Waals surface area contributed by atoms with Crippen LogP contribution in [0.1, 0.15) is 33.5 Å². The van der Waals surface area contributed by atoms with Crippen molar-refractivity contribution in [3.05, 3.63) is 95.1 Å². The summed E-state index contributed by atoms with van der Waals surface area (Å²) in [5, 5.41) is 5.82. The lowest BCUT2D eigenvalue weighted by atomic mass is 10.0. The average Bonchev–Trinajstić information content (AvgIpc) is 3.22. The second-order valence-corrected chi connectivity index (χ2v) is 8.42. The number of carbonyl (C=O) groups excluding carboxylic acids is 3. The molecule has 33 heavy (non-hydrogen) atoms. The number of amides is 3. The van der Waals surface area contributed by atoms with Crippen molar-refractivity contribution in [1.82, 2.24) is 5.32 Å². The molecule has 0 aromatic heterocycles. The molecular weight excluding hydrogens is 414 g/mol. The minimum absolute atomic E-state index is 0.123. The van der Waals surface area contributed by atoms with Crippen molar-refractivity contribution in [2.45, 2.75) is 26.8 Å². The molecule has 1 saturated heterocycles. The first kappa shape index (κ1) is 22.3. The quantitative estimate of drug-likeness (QED) is 0.601. The van der Waals surface area contributed by atoms with E-state index in [9.17, 15) is 14.4 Å². The highest BCUT2D eigenvalue weighted by molar-refractivity contribution is 6.06. The van der Waals surface area contributed by atoms with Crippen LogP contribution in [0.3, 0.4) is 0 Å². The number of hydrogen-bond acceptors (Lipinski definition) is 3. The van der Waals surface area contributed by atoms with E-state index in [0.717, 1.165) is 16.7 Å². The Morgan fingerprint density at radius 1 is 0.970 bits per heavy atom. The molecule has 168 valence electrons. The third-order valence-electron chi connectivity index (χ3n) is 5.91. The molecule has 0 aliphatic carbocycles. The number of nitrogens with zero attached hydrogens (tertiary/aromatic N) is 1. The smallest absolute Gasteiger partial charge is 0.255 e. The summed E-state index contributed by atoms with van der Waals surface area (Å²) >= 11 is 0. The Bertz CT molecular complexity index is 1190. The lowest BCUT2D eigenvalue weighted by molar-refractivity contribution is -0.126. The first-order valence-electron chi connectivity index (χ1n) is 11.0. The van der Waals surface area contributed by atoms with Crippen molar-refractivity contribution in [3.8, 4) is 0 Å². The van der Waals surface area contributed by atoms with Gasteiger partial charge in [-0.15, -0.1) is 0 Å². The van der Waals surface area contributed by atoms with Crippen LogP contribution in [0, 0.1) is 19.8 Å². The second-order valence-electron chi connectivity index (χ2n) is 8.42. The average molecular weight is 442 g/mol. The molecule has 1 aliphatic heterocycles. The lowest BCUT2D eigenvalue weighted by Crippen LogP contribution is -2.32. The van der Waals surface area contributed by atoms with Gasteiger partial charge in [0.25, 0.3) is 5.91 Å². The van der Waals surface area contributed by atoms with Gasteiger partial charge in [-0.05, 0) is 55.3 Å². The van der Waals surface area contributed by atoms with E-state index in [1.54, 1.807) is 29.2 Å². The van der Waals surface area contributed by atoms with E-state index in [1.807, 2.05) is 56.3 Å². The Kier molecular flexibility index (Phi) is 6.54. The molecule has 6 heteroatoms. The Hall–Kier alpha value is -3.93. The van der Waals surface area contributed by atoms with Gasteiger partial charge >= 0.3 is 0 Å². The van der Waals surface area contributed by atoms with Gasteiger partial charge in [-0.3, -0.25) is 14.4 Å². The maximum Gasteiger partial charge on any atom is 0.255 e. The predicted octanol–water partition coefficient (Wildman–Crippen LogP) is 4.23. The third-order valence-corrected chi connectivity index (χ3v) is 5.91. The molecule has 1 unspecified atom stereocenters. The van der Waals surface area contributed by atoms with Gasteiger partial charge in [-0.25, -0.2) is 0 Å². The zero-order valence-corrected chi connectivity index (χ0v) is 18.8. The number of aryl methyl sites for hydroxylation is 2. The number of para-hydroxylation sites is 1. The van der Waals surface area contributed by atoms with E-state index in [4.69, 9.17) is 0 Å². The van der Waals surface area contributed by atoms with Crippen LogP contribution in [0.15, 0.2) is 72.8 Å². The van der Waals surface area contributed by atoms with Gasteiger partial charge in [0.05, 0.1) is 5.92 Å². The molecule has 1 aliphatic rings. The first-order chi connectivity index (χ1) is 15.9. The minimum atomic E-state index is -0.426. The number of benzene rings is 3. The molecule has 1 fully saturated rings. The zero-order chi connectivity index (χ0) is 23.4. The highest BCUT2D eigenvalue weighted by atomic mass is 16.2. The largest absolute Gasteiger partial charge is 0.352 e. The summed E-state index contributed by atoms with van der Waals surface area (Å²) in [6.07, 6.45) is 0.152. The van der Waals surface area contributed by atoms with Gasteiger partial charge in [0, 0.05) is 36.4 Å². The fourth-order valence-electron chi connectivity index (χ4n) is 3.99. The Morgan fingerprint density at radius 3 is 2.55 bits per heavy atom. The van der Waals surface area contributed by atoms with Crippen LogP contribution in [-0.2, 0) is 16.1 Å². The summed E-state index contributed by atoms with van der Waals surface area (Å²) in [7, 11) is 0. The molecule has 2 N–H and O–H groups in total. The summed E-state index contributed by atoms with van der Waals surface area (Å²) < 4.78 is 0. The maximum absolute atomic E-state index is 12.8. The summed E-state index contributed by atoms with van der Waals surface area (Å²) in [5.41, 5.74) is 5.10. The highest BCUT2D eigenvalue weighted by Gasteiger charge is 2.35. The van der Waals surface area contributed by atoms with Gasteiger partial charge in [0.2, 0.25) is 11.8 Å². The minimum Gasteiger partial charge on any atom is -0.352 e. The van der Waals surface area contributed by atoms with Gasteiger partial charge in [-0.1, -0.05) is 48.0 Å². The van der Waals surface area contributed by atoms with Crippen LogP contribution in [-0.4, -0.2) is 24.3 Å². The van der Waals surface area contributed by atoms with Gasteiger partial charge < -0.3 is 15.5 Å². The molecule has 0 radical (unpaired) electrons. The summed E-state index contributed by atoms with van der Waals surface area (Å²) in [5.74, 6) is -0.936. The molecule has 3 aromatic rings. The van der Waals surface area contributed by atoms with E-state index in [1.165, 1.54) is 0 Å². The normalized spacial score (nSPS) is 15.4. The molecule has 1 heterocycles. The van der Waals surface area contributed by atoms with E-state index in [-0.39, 0.29) is 24.1 Å². The van der Waals surface area contributed by atoms with Gasteiger partial charge in [0.1, 0.15) is 0 Å². The van der Waals surface area contributed by atoms with Crippen molar-refractivity contribution in [2.75, 3.05) is 16.8 Å². The van der Waals surface area contributed by atoms with Crippen LogP contribution >= 0.6 is 0 Å². The van der Waals surface area contributed by atoms with Crippen LogP contribution in [0.4, 0.5) is 11.4 Å². The predicted molar refractivity (Wildman–Crippen MR) is 129 cm³/mol. The van der Waals surface area contributed by atoms with Crippen molar-refractivity contribution in [2.24, 2.45) is 5.92 Å². The van der Waals surface area contributed by atoms with Gasteiger partial charge in [0.15, 0.2) is 0 Å². The Morgan fingerprint density at radius 2 is 1.76 bits per heavy atom. The van der Waals surface area contributed by atoms with Crippen molar-refractivity contribution >= 4 is 29.1 Å². The molecule has 0 spiro atoms. The van der Waals surface area contributed by atoms with E-state index in [0.29, 0.717) is 30.0 Å². The Labute approximate surface area is 193 Å². The molecule has 3 aromatic carbocycles. The number of hydrogen-bond donors (Lipinski definition) is 2. The van der Waals surface area contributed by atoms with Crippen LogP contribution in [0.5, 0.6) is 0 Å². The first-order valence-corrected chi connectivity index (χ1v) is 11.0. The zero-order valence-electron chi connectivity index (χ0n) is 18.8. The molecule has 6 nitrogen and oxygen atoms in total. The lowest BCUT2D eigenvalue weighted by Gasteiger charge is -2.18. The topological polar surface area (TPSA) is 78.5 Å². The second kappa shape index (κ2) is 9.69. The molecular formula is C27H27N3O3. The molecule has 4 rings (SSSR count). The van der Waals surface area contributed by atoms with Crippen LogP contribution in [0.25, 0.3) is 0 Å². The standard InChI is InChI=1S/C27H27N3O3/c1-18-11-12-19(2)21(13-18)16-28-26(32)22-15-25(31)30(17-22)24-10-6-7-20(14-24)27(33)29-23-8-4-3-5-9-23/h3-14,22H,15-17H2,1-2H3,(H,28,32)(H,29,33). The monoisotopic (exact) mass is 441 g/mol. The third kappa shape index (κ3) is 5.29. The number of anilines is 2. The number of rotatable bonds is 6.